The molecule has 3 rings (SSSR count). The molecule has 8 heteroatoms. The summed E-state index contributed by atoms with van der Waals surface area (Å²) < 4.78 is 16.0. The van der Waals surface area contributed by atoms with Crippen LogP contribution in [0.4, 0.5) is 6.01 Å². The lowest BCUT2D eigenvalue weighted by molar-refractivity contribution is -0.113. The Morgan fingerprint density at radius 1 is 1.07 bits per heavy atom. The molecular formula is C19H19N3O4S. The van der Waals surface area contributed by atoms with Gasteiger partial charge < -0.3 is 13.9 Å². The van der Waals surface area contributed by atoms with Crippen molar-refractivity contribution in [1.82, 2.24) is 10.2 Å². The van der Waals surface area contributed by atoms with E-state index in [0.717, 1.165) is 22.0 Å². The van der Waals surface area contributed by atoms with Crippen molar-refractivity contribution in [3.05, 3.63) is 48.5 Å². The molecule has 0 saturated carbocycles. The van der Waals surface area contributed by atoms with Crippen molar-refractivity contribution in [2.75, 3.05) is 24.8 Å². The largest absolute Gasteiger partial charge is 0.497 e. The molecule has 7 nitrogen and oxygen atoms in total. The summed E-state index contributed by atoms with van der Waals surface area (Å²) in [5, 5.41) is 10.4. The van der Waals surface area contributed by atoms with E-state index in [0.29, 0.717) is 12.5 Å². The van der Waals surface area contributed by atoms with E-state index in [1.165, 1.54) is 11.8 Å². The van der Waals surface area contributed by atoms with Gasteiger partial charge in [0.25, 0.3) is 0 Å². The molecule has 0 aliphatic carbocycles. The van der Waals surface area contributed by atoms with Crippen LogP contribution in [0.1, 0.15) is 6.92 Å². The third-order valence-electron chi connectivity index (χ3n) is 3.51. The van der Waals surface area contributed by atoms with Gasteiger partial charge in [-0.15, -0.1) is 16.9 Å². The second kappa shape index (κ2) is 9.09. The second-order valence-electron chi connectivity index (χ2n) is 5.38. The maximum atomic E-state index is 12.1. The van der Waals surface area contributed by atoms with Crippen LogP contribution >= 0.6 is 11.8 Å². The van der Waals surface area contributed by atoms with E-state index >= 15 is 0 Å². The summed E-state index contributed by atoms with van der Waals surface area (Å²) in [6.45, 7) is 2.53. The molecule has 0 fully saturated rings. The summed E-state index contributed by atoms with van der Waals surface area (Å²) >= 11 is 1.41. The van der Waals surface area contributed by atoms with Crippen molar-refractivity contribution in [3.63, 3.8) is 0 Å². The molecule has 3 aromatic rings. The number of hydrogen-bond acceptors (Lipinski definition) is 7. The van der Waals surface area contributed by atoms with Crippen LogP contribution in [0.2, 0.25) is 0 Å². The average molecular weight is 385 g/mol. The molecule has 1 aromatic heterocycles. The van der Waals surface area contributed by atoms with Gasteiger partial charge in [-0.2, -0.15) is 0 Å². The Kier molecular flexibility index (Phi) is 6.32. The number of carbonyl (C=O) groups excluding carboxylic acids is 1. The van der Waals surface area contributed by atoms with Gasteiger partial charge in [0.15, 0.2) is 0 Å². The zero-order valence-electron chi connectivity index (χ0n) is 15.0. The lowest BCUT2D eigenvalue weighted by atomic mass is 10.2. The number of carbonyl (C=O) groups is 1. The van der Waals surface area contributed by atoms with Crippen molar-refractivity contribution < 1.29 is 18.7 Å². The third-order valence-corrected chi connectivity index (χ3v) is 4.53. The summed E-state index contributed by atoms with van der Waals surface area (Å²) in [6.07, 6.45) is 0. The van der Waals surface area contributed by atoms with E-state index in [-0.39, 0.29) is 17.7 Å². The Morgan fingerprint density at radius 3 is 2.44 bits per heavy atom. The average Bonchev–Trinajstić information content (AvgIpc) is 3.16. The molecule has 140 valence electrons. The van der Waals surface area contributed by atoms with Crippen LogP contribution in [-0.4, -0.2) is 35.6 Å². The van der Waals surface area contributed by atoms with Crippen LogP contribution in [0.15, 0.2) is 57.8 Å². The molecule has 0 spiro atoms. The van der Waals surface area contributed by atoms with Crippen LogP contribution in [-0.2, 0) is 4.79 Å². The van der Waals surface area contributed by atoms with Crippen LogP contribution in [0.3, 0.4) is 0 Å². The van der Waals surface area contributed by atoms with Gasteiger partial charge in [-0.3, -0.25) is 10.1 Å². The summed E-state index contributed by atoms with van der Waals surface area (Å²) in [4.78, 5) is 13.0. The predicted octanol–water partition coefficient (Wildman–Crippen LogP) is 3.87. The molecule has 0 aliphatic heterocycles. The van der Waals surface area contributed by atoms with E-state index < -0.39 is 0 Å². The quantitative estimate of drug-likeness (QED) is 0.589. The molecule has 2 aromatic carbocycles. The normalized spacial score (nSPS) is 10.4. The first-order valence-corrected chi connectivity index (χ1v) is 9.30. The fraction of sp³-hybridized carbons (Fsp3) is 0.211. The molecule has 0 atom stereocenters. The Balaban J connectivity index is 1.54. The fourth-order valence-corrected chi connectivity index (χ4v) is 2.93. The van der Waals surface area contributed by atoms with Crippen LogP contribution in [0.5, 0.6) is 11.5 Å². The summed E-state index contributed by atoms with van der Waals surface area (Å²) in [5.41, 5.74) is 0.749. The highest BCUT2D eigenvalue weighted by molar-refractivity contribution is 8.00. The number of methoxy groups -OCH3 is 1. The number of benzene rings is 2. The SMILES string of the molecule is CCOc1ccc(-c2nnc(NC(=O)CSc3ccc(OC)cc3)o2)cc1. The number of rotatable bonds is 8. The molecule has 0 saturated heterocycles. The van der Waals surface area contributed by atoms with Crippen LogP contribution < -0.4 is 14.8 Å². The zero-order chi connectivity index (χ0) is 19.1. The van der Waals surface area contributed by atoms with Crippen molar-refractivity contribution in [3.8, 4) is 23.0 Å². The van der Waals surface area contributed by atoms with E-state index in [1.54, 1.807) is 7.11 Å². The molecular weight excluding hydrogens is 366 g/mol. The monoisotopic (exact) mass is 385 g/mol. The van der Waals surface area contributed by atoms with Gasteiger partial charge in [0.05, 0.1) is 19.5 Å². The lowest BCUT2D eigenvalue weighted by Gasteiger charge is -2.03. The maximum Gasteiger partial charge on any atom is 0.322 e. The first kappa shape index (κ1) is 18.8. The van der Waals surface area contributed by atoms with E-state index in [2.05, 4.69) is 15.5 Å². The smallest absolute Gasteiger partial charge is 0.322 e. The van der Waals surface area contributed by atoms with E-state index in [9.17, 15) is 4.79 Å². The minimum atomic E-state index is -0.224. The number of nitrogens with zero attached hydrogens (tertiary/aromatic N) is 2. The molecule has 0 bridgehead atoms. The van der Waals surface area contributed by atoms with Gasteiger partial charge in [-0.05, 0) is 55.5 Å². The van der Waals surface area contributed by atoms with Gasteiger partial charge in [-0.25, -0.2) is 0 Å². The maximum absolute atomic E-state index is 12.1. The number of nitrogens with one attached hydrogen (secondary N) is 1. The van der Waals surface area contributed by atoms with Gasteiger partial charge in [-0.1, -0.05) is 5.10 Å². The Morgan fingerprint density at radius 2 is 1.78 bits per heavy atom. The van der Waals surface area contributed by atoms with Crippen molar-refractivity contribution in [2.45, 2.75) is 11.8 Å². The Hall–Kier alpha value is -3.00. The fourth-order valence-electron chi connectivity index (χ4n) is 2.23. The van der Waals surface area contributed by atoms with Gasteiger partial charge in [0, 0.05) is 10.5 Å². The number of hydrogen-bond donors (Lipinski definition) is 1. The first-order valence-electron chi connectivity index (χ1n) is 8.31. The number of aromatic nitrogens is 2. The number of anilines is 1. The molecule has 0 unspecified atom stereocenters. The number of ether oxygens (including phenoxy) is 2. The first-order chi connectivity index (χ1) is 13.2. The summed E-state index contributed by atoms with van der Waals surface area (Å²) in [5.74, 6) is 1.88. The van der Waals surface area contributed by atoms with Gasteiger partial charge >= 0.3 is 6.01 Å². The number of amides is 1. The van der Waals surface area contributed by atoms with Crippen LogP contribution in [0, 0.1) is 0 Å². The number of thioether (sulfide) groups is 1. The van der Waals surface area contributed by atoms with Crippen molar-refractivity contribution >= 4 is 23.7 Å². The van der Waals surface area contributed by atoms with E-state index in [4.69, 9.17) is 13.9 Å². The molecule has 0 radical (unpaired) electrons. The highest BCUT2D eigenvalue weighted by Crippen LogP contribution is 2.24. The zero-order valence-corrected chi connectivity index (χ0v) is 15.8. The molecule has 1 N–H and O–H groups in total. The predicted molar refractivity (Wildman–Crippen MR) is 103 cm³/mol. The molecule has 27 heavy (non-hydrogen) atoms. The molecule has 0 aliphatic rings. The summed E-state index contributed by atoms with van der Waals surface area (Å²) in [7, 11) is 1.61. The highest BCUT2D eigenvalue weighted by Gasteiger charge is 2.12. The third kappa shape index (κ3) is 5.24. The molecule has 1 amide bonds. The second-order valence-corrected chi connectivity index (χ2v) is 6.43. The van der Waals surface area contributed by atoms with Crippen LogP contribution in [0.25, 0.3) is 11.5 Å². The van der Waals surface area contributed by atoms with E-state index in [1.807, 2.05) is 55.5 Å². The summed E-state index contributed by atoms with van der Waals surface area (Å²) in [6, 6.07) is 14.9. The highest BCUT2D eigenvalue weighted by atomic mass is 32.2. The Bertz CT molecular complexity index is 879. The lowest BCUT2D eigenvalue weighted by Crippen LogP contribution is -2.14. The topological polar surface area (TPSA) is 86.5 Å². The minimum absolute atomic E-state index is 0.0687. The van der Waals surface area contributed by atoms with Crippen molar-refractivity contribution in [1.29, 1.82) is 0 Å². The van der Waals surface area contributed by atoms with Gasteiger partial charge in [0.1, 0.15) is 11.5 Å². The van der Waals surface area contributed by atoms with Crippen molar-refractivity contribution in [2.24, 2.45) is 0 Å². The molecule has 1 heterocycles. The standard InChI is InChI=1S/C19H19N3O4S/c1-3-25-15-6-4-13(5-7-15)18-21-22-19(26-18)20-17(23)12-27-16-10-8-14(24-2)9-11-16/h4-11H,3,12H2,1-2H3,(H,20,22,23). The minimum Gasteiger partial charge on any atom is -0.497 e. The van der Waals surface area contributed by atoms with Gasteiger partial charge in [0.2, 0.25) is 11.8 Å². The Labute approximate surface area is 161 Å².